The van der Waals surface area contributed by atoms with Crippen LogP contribution in [-0.2, 0) is 22.6 Å². The molecule has 2 atom stereocenters. The maximum atomic E-state index is 13.8. The highest BCUT2D eigenvalue weighted by Gasteiger charge is 2.32. The standard InChI is InChI=1S/C30H34Cl2N2O5/c1-5-20(2)33-30(36)28(14-21-10-7-6-8-11-21)34(18-25-26(31)12-9-13-27(25)32)29(35)19-39-24-16-22(37-3)15-23(17-24)38-4/h6-13,15-17,20,28H,5,14,18-19H2,1-4H3,(H,33,36). The number of nitrogens with one attached hydrogen (secondary N) is 1. The van der Waals surface area contributed by atoms with Crippen LogP contribution in [-0.4, -0.2) is 49.6 Å². The fraction of sp³-hybridized carbons (Fsp3) is 0.333. The van der Waals surface area contributed by atoms with E-state index in [2.05, 4.69) is 5.32 Å². The summed E-state index contributed by atoms with van der Waals surface area (Å²) in [4.78, 5) is 28.9. The van der Waals surface area contributed by atoms with E-state index in [1.165, 1.54) is 19.1 Å². The largest absolute Gasteiger partial charge is 0.496 e. The van der Waals surface area contributed by atoms with Crippen molar-refractivity contribution >= 4 is 35.0 Å². The van der Waals surface area contributed by atoms with Gasteiger partial charge in [-0.1, -0.05) is 66.5 Å². The van der Waals surface area contributed by atoms with Crippen LogP contribution in [0.5, 0.6) is 17.2 Å². The van der Waals surface area contributed by atoms with E-state index >= 15 is 0 Å². The molecule has 3 aromatic rings. The van der Waals surface area contributed by atoms with Crippen molar-refractivity contribution in [2.75, 3.05) is 20.8 Å². The van der Waals surface area contributed by atoms with Gasteiger partial charge in [0.15, 0.2) is 6.61 Å². The smallest absolute Gasteiger partial charge is 0.261 e. The minimum Gasteiger partial charge on any atom is -0.496 e. The van der Waals surface area contributed by atoms with Crippen LogP contribution in [0.3, 0.4) is 0 Å². The number of carbonyl (C=O) groups excluding carboxylic acids is 2. The van der Waals surface area contributed by atoms with Gasteiger partial charge in [-0.15, -0.1) is 0 Å². The summed E-state index contributed by atoms with van der Waals surface area (Å²) in [7, 11) is 3.06. The molecule has 0 aliphatic heterocycles. The van der Waals surface area contributed by atoms with Crippen LogP contribution in [0.2, 0.25) is 10.0 Å². The van der Waals surface area contributed by atoms with E-state index < -0.39 is 11.9 Å². The molecule has 0 saturated carbocycles. The Morgan fingerprint density at radius 3 is 2.05 bits per heavy atom. The summed E-state index contributed by atoms with van der Waals surface area (Å²) in [5.41, 5.74) is 1.45. The number of rotatable bonds is 13. The van der Waals surface area contributed by atoms with Gasteiger partial charge in [-0.2, -0.15) is 0 Å². The van der Waals surface area contributed by atoms with E-state index in [1.807, 2.05) is 44.2 Å². The Bertz CT molecular complexity index is 1210. The third-order valence-corrected chi connectivity index (χ3v) is 7.06. The molecule has 3 rings (SSSR count). The second-order valence-corrected chi connectivity index (χ2v) is 9.90. The SMILES string of the molecule is CCC(C)NC(=O)C(Cc1ccccc1)N(Cc1c(Cl)cccc1Cl)C(=O)COc1cc(OC)cc(OC)c1. The molecule has 0 spiro atoms. The van der Waals surface area contributed by atoms with Crippen LogP contribution in [0.4, 0.5) is 0 Å². The van der Waals surface area contributed by atoms with E-state index in [0.29, 0.717) is 39.3 Å². The zero-order valence-corrected chi connectivity index (χ0v) is 24.1. The van der Waals surface area contributed by atoms with Crippen molar-refractivity contribution in [1.82, 2.24) is 10.2 Å². The highest BCUT2D eigenvalue weighted by atomic mass is 35.5. The molecular weight excluding hydrogens is 539 g/mol. The first-order valence-electron chi connectivity index (χ1n) is 12.7. The average molecular weight is 574 g/mol. The second kappa shape index (κ2) is 14.7. The van der Waals surface area contributed by atoms with Crippen molar-refractivity contribution < 1.29 is 23.8 Å². The van der Waals surface area contributed by atoms with Crippen LogP contribution in [0.15, 0.2) is 66.7 Å². The van der Waals surface area contributed by atoms with Crippen molar-refractivity contribution in [3.05, 3.63) is 87.9 Å². The van der Waals surface area contributed by atoms with Crippen molar-refractivity contribution in [1.29, 1.82) is 0 Å². The summed E-state index contributed by atoms with van der Waals surface area (Å²) >= 11 is 13.0. The first kappa shape index (κ1) is 30.1. The Morgan fingerprint density at radius 1 is 0.897 bits per heavy atom. The molecule has 208 valence electrons. The molecule has 2 amide bonds. The minimum atomic E-state index is -0.843. The quantitative estimate of drug-likeness (QED) is 0.274. The zero-order chi connectivity index (χ0) is 28.4. The van der Waals surface area contributed by atoms with E-state index in [9.17, 15) is 9.59 Å². The van der Waals surface area contributed by atoms with Gasteiger partial charge in [-0.05, 0) is 31.0 Å². The molecule has 7 nitrogen and oxygen atoms in total. The first-order valence-corrected chi connectivity index (χ1v) is 13.4. The lowest BCUT2D eigenvalue weighted by molar-refractivity contribution is -0.143. The Labute approximate surface area is 240 Å². The number of methoxy groups -OCH3 is 2. The molecule has 0 aromatic heterocycles. The maximum absolute atomic E-state index is 13.8. The summed E-state index contributed by atoms with van der Waals surface area (Å²) in [6.45, 7) is 3.60. The highest BCUT2D eigenvalue weighted by Crippen LogP contribution is 2.29. The molecule has 1 N–H and O–H groups in total. The molecule has 0 radical (unpaired) electrons. The molecule has 0 saturated heterocycles. The number of halogens is 2. The lowest BCUT2D eigenvalue weighted by Gasteiger charge is -2.32. The van der Waals surface area contributed by atoms with Crippen LogP contribution in [0.25, 0.3) is 0 Å². The van der Waals surface area contributed by atoms with Crippen LogP contribution in [0.1, 0.15) is 31.4 Å². The number of hydrogen-bond acceptors (Lipinski definition) is 5. The van der Waals surface area contributed by atoms with Gasteiger partial charge in [-0.25, -0.2) is 0 Å². The lowest BCUT2D eigenvalue weighted by Crippen LogP contribution is -2.53. The van der Waals surface area contributed by atoms with E-state index in [0.717, 1.165) is 12.0 Å². The predicted octanol–water partition coefficient (Wildman–Crippen LogP) is 5.94. The molecule has 0 aliphatic carbocycles. The van der Waals surface area contributed by atoms with Crippen molar-refractivity contribution in [3.8, 4) is 17.2 Å². The van der Waals surface area contributed by atoms with Gasteiger partial charge in [0.05, 0.1) is 14.2 Å². The maximum Gasteiger partial charge on any atom is 0.261 e. The van der Waals surface area contributed by atoms with E-state index in [1.54, 1.807) is 36.4 Å². The predicted molar refractivity (Wildman–Crippen MR) is 154 cm³/mol. The molecule has 0 heterocycles. The van der Waals surface area contributed by atoms with Gasteiger partial charge in [-0.3, -0.25) is 9.59 Å². The molecule has 2 unspecified atom stereocenters. The zero-order valence-electron chi connectivity index (χ0n) is 22.6. The highest BCUT2D eigenvalue weighted by molar-refractivity contribution is 6.36. The van der Waals surface area contributed by atoms with Gasteiger partial charge < -0.3 is 24.4 Å². The van der Waals surface area contributed by atoms with Crippen LogP contribution in [0, 0.1) is 0 Å². The Hall–Kier alpha value is -3.42. The molecule has 3 aromatic carbocycles. The molecule has 0 bridgehead atoms. The third kappa shape index (κ3) is 8.53. The summed E-state index contributed by atoms with van der Waals surface area (Å²) < 4.78 is 16.5. The summed E-state index contributed by atoms with van der Waals surface area (Å²) in [6, 6.07) is 18.8. The monoisotopic (exact) mass is 572 g/mol. The van der Waals surface area contributed by atoms with Gasteiger partial charge in [0.25, 0.3) is 5.91 Å². The van der Waals surface area contributed by atoms with E-state index in [4.69, 9.17) is 37.4 Å². The summed E-state index contributed by atoms with van der Waals surface area (Å²) in [5, 5.41) is 3.84. The first-order chi connectivity index (χ1) is 18.7. The third-order valence-electron chi connectivity index (χ3n) is 6.35. The van der Waals surface area contributed by atoms with Crippen molar-refractivity contribution in [2.24, 2.45) is 0 Å². The van der Waals surface area contributed by atoms with E-state index in [-0.39, 0.29) is 25.1 Å². The fourth-order valence-electron chi connectivity index (χ4n) is 3.94. The Kier molecular flexibility index (Phi) is 11.3. The van der Waals surface area contributed by atoms with Crippen molar-refractivity contribution in [3.63, 3.8) is 0 Å². The number of benzene rings is 3. The van der Waals surface area contributed by atoms with Crippen molar-refractivity contribution in [2.45, 2.75) is 45.3 Å². The normalized spacial score (nSPS) is 12.3. The minimum absolute atomic E-state index is 0.0214. The molecular formula is C30H34Cl2N2O5. The van der Waals surface area contributed by atoms with Crippen LogP contribution < -0.4 is 19.5 Å². The summed E-state index contributed by atoms with van der Waals surface area (Å²) in [6.07, 6.45) is 1.04. The average Bonchev–Trinajstić information content (AvgIpc) is 2.95. The number of carbonyl (C=O) groups is 2. The number of amides is 2. The molecule has 0 aliphatic rings. The molecule has 9 heteroatoms. The Morgan fingerprint density at radius 2 is 1.49 bits per heavy atom. The van der Waals surface area contributed by atoms with Gasteiger partial charge in [0.2, 0.25) is 5.91 Å². The number of nitrogens with zero attached hydrogens (tertiary/aromatic N) is 1. The summed E-state index contributed by atoms with van der Waals surface area (Å²) in [5.74, 6) is 0.748. The number of ether oxygens (including phenoxy) is 3. The molecule has 0 fully saturated rings. The Balaban J connectivity index is 1.98. The van der Waals surface area contributed by atoms with Crippen LogP contribution >= 0.6 is 23.2 Å². The second-order valence-electron chi connectivity index (χ2n) is 9.08. The van der Waals surface area contributed by atoms with Gasteiger partial charge in [0.1, 0.15) is 23.3 Å². The fourth-order valence-corrected chi connectivity index (χ4v) is 4.46. The van der Waals surface area contributed by atoms with Gasteiger partial charge in [0, 0.05) is 52.8 Å². The topological polar surface area (TPSA) is 77.1 Å². The van der Waals surface area contributed by atoms with Gasteiger partial charge >= 0.3 is 0 Å². The molecule has 39 heavy (non-hydrogen) atoms. The lowest BCUT2D eigenvalue weighted by atomic mass is 10.0. The number of hydrogen-bond donors (Lipinski definition) is 1.